The first kappa shape index (κ1) is 18.1. The average Bonchev–Trinajstić information content (AvgIpc) is 2.45. The van der Waals surface area contributed by atoms with Crippen LogP contribution in [0.2, 0.25) is 0 Å². The molecule has 1 aromatic rings. The summed E-state index contributed by atoms with van der Waals surface area (Å²) in [5, 5.41) is 10.1. The van der Waals surface area contributed by atoms with Crippen molar-refractivity contribution in [1.29, 1.82) is 0 Å². The lowest BCUT2D eigenvalue weighted by molar-refractivity contribution is -0.130. The number of carbonyl (C=O) groups is 1. The molecule has 0 bridgehead atoms. The van der Waals surface area contributed by atoms with Gasteiger partial charge in [-0.25, -0.2) is 0 Å². The van der Waals surface area contributed by atoms with Gasteiger partial charge in [0.05, 0.1) is 11.9 Å². The fourth-order valence-electron chi connectivity index (χ4n) is 2.11. The van der Waals surface area contributed by atoms with Crippen LogP contribution in [0.15, 0.2) is 30.3 Å². The van der Waals surface area contributed by atoms with Crippen LogP contribution >= 0.6 is 11.8 Å². The Morgan fingerprint density at radius 2 is 1.81 bits per heavy atom. The zero-order valence-electron chi connectivity index (χ0n) is 13.5. The van der Waals surface area contributed by atoms with E-state index in [0.29, 0.717) is 17.4 Å². The minimum Gasteiger partial charge on any atom is -0.388 e. The van der Waals surface area contributed by atoms with Crippen molar-refractivity contribution in [3.8, 4) is 0 Å². The van der Waals surface area contributed by atoms with Gasteiger partial charge in [0, 0.05) is 18.3 Å². The van der Waals surface area contributed by atoms with Crippen molar-refractivity contribution in [1.82, 2.24) is 4.90 Å². The molecule has 0 aliphatic heterocycles. The molecule has 1 amide bonds. The number of aliphatic hydroxyl groups is 1. The topological polar surface area (TPSA) is 40.5 Å². The Labute approximate surface area is 132 Å². The Morgan fingerprint density at radius 3 is 2.33 bits per heavy atom. The molecular weight excluding hydrogens is 282 g/mol. The molecule has 1 N–H and O–H groups in total. The van der Waals surface area contributed by atoms with Gasteiger partial charge in [0.15, 0.2) is 0 Å². The van der Waals surface area contributed by atoms with Crippen molar-refractivity contribution < 1.29 is 9.90 Å². The SMILES string of the molecule is CC(C)CN(C(=O)CSCC(O)c1ccccc1)C(C)C. The molecule has 0 radical (unpaired) electrons. The van der Waals surface area contributed by atoms with Crippen LogP contribution < -0.4 is 0 Å². The molecule has 0 aromatic heterocycles. The number of hydrogen-bond acceptors (Lipinski definition) is 3. The van der Waals surface area contributed by atoms with Gasteiger partial charge in [0.2, 0.25) is 5.91 Å². The Bertz CT molecular complexity index is 420. The predicted molar refractivity (Wildman–Crippen MR) is 90.4 cm³/mol. The summed E-state index contributed by atoms with van der Waals surface area (Å²) >= 11 is 1.50. The zero-order chi connectivity index (χ0) is 15.8. The Morgan fingerprint density at radius 1 is 1.19 bits per heavy atom. The standard InChI is InChI=1S/C17H27NO2S/c1-13(2)10-18(14(3)4)17(20)12-21-11-16(19)15-8-6-5-7-9-15/h5-9,13-14,16,19H,10-12H2,1-4H3. The molecule has 1 aromatic carbocycles. The number of thioether (sulfide) groups is 1. The molecule has 0 aliphatic rings. The average molecular weight is 309 g/mol. The van der Waals surface area contributed by atoms with Crippen LogP contribution in [0.5, 0.6) is 0 Å². The van der Waals surface area contributed by atoms with Gasteiger partial charge >= 0.3 is 0 Å². The van der Waals surface area contributed by atoms with E-state index in [1.807, 2.05) is 49.1 Å². The number of benzene rings is 1. The number of rotatable bonds is 8. The molecule has 1 rings (SSSR count). The van der Waals surface area contributed by atoms with E-state index in [9.17, 15) is 9.90 Å². The molecule has 0 fully saturated rings. The van der Waals surface area contributed by atoms with E-state index < -0.39 is 6.10 Å². The van der Waals surface area contributed by atoms with Crippen LogP contribution in [0.25, 0.3) is 0 Å². The minimum atomic E-state index is -0.512. The summed E-state index contributed by atoms with van der Waals surface area (Å²) in [6.07, 6.45) is -0.512. The van der Waals surface area contributed by atoms with Crippen LogP contribution in [-0.2, 0) is 4.79 Å². The first-order chi connectivity index (χ1) is 9.91. The molecule has 3 nitrogen and oxygen atoms in total. The van der Waals surface area contributed by atoms with E-state index in [1.165, 1.54) is 11.8 Å². The molecule has 1 unspecified atom stereocenters. The second-order valence-corrected chi connectivity index (χ2v) is 7.01. The summed E-state index contributed by atoms with van der Waals surface area (Å²) in [5.41, 5.74) is 0.903. The Kier molecular flexibility index (Phi) is 7.83. The zero-order valence-corrected chi connectivity index (χ0v) is 14.3. The molecule has 0 spiro atoms. The molecule has 0 saturated heterocycles. The Hall–Kier alpha value is -1.00. The smallest absolute Gasteiger partial charge is 0.232 e. The number of hydrogen-bond donors (Lipinski definition) is 1. The lowest BCUT2D eigenvalue weighted by Gasteiger charge is -2.28. The van der Waals surface area contributed by atoms with Crippen molar-refractivity contribution in [3.63, 3.8) is 0 Å². The summed E-state index contributed by atoms with van der Waals surface area (Å²) in [4.78, 5) is 14.2. The molecule has 1 atom stereocenters. The second kappa shape index (κ2) is 9.11. The maximum absolute atomic E-state index is 12.3. The number of aliphatic hydroxyl groups excluding tert-OH is 1. The second-order valence-electron chi connectivity index (χ2n) is 5.98. The van der Waals surface area contributed by atoms with Gasteiger partial charge in [-0.1, -0.05) is 44.2 Å². The predicted octanol–water partition coefficient (Wildman–Crippen LogP) is 3.35. The highest BCUT2D eigenvalue weighted by molar-refractivity contribution is 7.99. The van der Waals surface area contributed by atoms with E-state index in [-0.39, 0.29) is 11.9 Å². The monoisotopic (exact) mass is 309 g/mol. The van der Waals surface area contributed by atoms with Gasteiger partial charge in [0.1, 0.15) is 0 Å². The third kappa shape index (κ3) is 6.53. The molecular formula is C17H27NO2S. The normalized spacial score (nSPS) is 12.7. The van der Waals surface area contributed by atoms with E-state index in [4.69, 9.17) is 0 Å². The van der Waals surface area contributed by atoms with Crippen LogP contribution in [-0.4, -0.2) is 40.0 Å². The lowest BCUT2D eigenvalue weighted by Crippen LogP contribution is -2.40. The summed E-state index contributed by atoms with van der Waals surface area (Å²) in [5.74, 6) is 1.60. The minimum absolute atomic E-state index is 0.156. The third-order valence-corrected chi connectivity index (χ3v) is 4.19. The van der Waals surface area contributed by atoms with Gasteiger partial charge < -0.3 is 10.0 Å². The van der Waals surface area contributed by atoms with E-state index in [1.54, 1.807) is 0 Å². The number of carbonyl (C=O) groups excluding carboxylic acids is 1. The number of nitrogens with zero attached hydrogens (tertiary/aromatic N) is 1. The van der Waals surface area contributed by atoms with Gasteiger partial charge in [-0.15, -0.1) is 11.8 Å². The van der Waals surface area contributed by atoms with Crippen LogP contribution in [0.4, 0.5) is 0 Å². The largest absolute Gasteiger partial charge is 0.388 e. The third-order valence-electron chi connectivity index (χ3n) is 3.19. The van der Waals surface area contributed by atoms with Crippen LogP contribution in [0, 0.1) is 5.92 Å². The fourth-order valence-corrected chi connectivity index (χ4v) is 2.98. The highest BCUT2D eigenvalue weighted by Gasteiger charge is 2.18. The Balaban J connectivity index is 2.41. The lowest BCUT2D eigenvalue weighted by atomic mass is 10.1. The molecule has 21 heavy (non-hydrogen) atoms. The quantitative estimate of drug-likeness (QED) is 0.800. The van der Waals surface area contributed by atoms with E-state index in [2.05, 4.69) is 13.8 Å². The van der Waals surface area contributed by atoms with E-state index >= 15 is 0 Å². The molecule has 118 valence electrons. The van der Waals surface area contributed by atoms with Gasteiger partial charge in [-0.05, 0) is 25.3 Å². The summed E-state index contributed by atoms with van der Waals surface area (Å²) < 4.78 is 0. The van der Waals surface area contributed by atoms with Gasteiger partial charge in [0.25, 0.3) is 0 Å². The number of amides is 1. The van der Waals surface area contributed by atoms with Crippen molar-refractivity contribution in [2.75, 3.05) is 18.1 Å². The van der Waals surface area contributed by atoms with Crippen LogP contribution in [0.1, 0.15) is 39.4 Å². The highest BCUT2D eigenvalue weighted by Crippen LogP contribution is 2.18. The van der Waals surface area contributed by atoms with Gasteiger partial charge in [-0.3, -0.25) is 4.79 Å². The van der Waals surface area contributed by atoms with Crippen LogP contribution in [0.3, 0.4) is 0 Å². The first-order valence-electron chi connectivity index (χ1n) is 7.52. The first-order valence-corrected chi connectivity index (χ1v) is 8.67. The molecule has 4 heteroatoms. The van der Waals surface area contributed by atoms with Crippen molar-refractivity contribution in [2.24, 2.45) is 5.92 Å². The maximum Gasteiger partial charge on any atom is 0.232 e. The highest BCUT2D eigenvalue weighted by atomic mass is 32.2. The maximum atomic E-state index is 12.3. The summed E-state index contributed by atoms with van der Waals surface area (Å²) in [6, 6.07) is 9.80. The van der Waals surface area contributed by atoms with E-state index in [0.717, 1.165) is 12.1 Å². The van der Waals surface area contributed by atoms with Crippen molar-refractivity contribution in [3.05, 3.63) is 35.9 Å². The molecule has 0 saturated carbocycles. The summed E-state index contributed by atoms with van der Waals surface area (Å²) in [6.45, 7) is 9.12. The molecule has 0 aliphatic carbocycles. The van der Waals surface area contributed by atoms with Gasteiger partial charge in [-0.2, -0.15) is 0 Å². The summed E-state index contributed by atoms with van der Waals surface area (Å²) in [7, 11) is 0. The van der Waals surface area contributed by atoms with Crippen molar-refractivity contribution >= 4 is 17.7 Å². The van der Waals surface area contributed by atoms with Crippen molar-refractivity contribution in [2.45, 2.75) is 39.8 Å². The fraction of sp³-hybridized carbons (Fsp3) is 0.588. The molecule has 0 heterocycles.